The molecule has 0 heterocycles. The van der Waals surface area contributed by atoms with Crippen molar-refractivity contribution in [2.75, 3.05) is 6.67 Å². The number of halogens is 1. The second-order valence-corrected chi connectivity index (χ2v) is 1.50. The quantitative estimate of drug-likeness (QED) is 0.539. The highest BCUT2D eigenvalue weighted by Gasteiger charge is 1.82. The average molecular weight is 174 g/mol. The van der Waals surface area contributed by atoms with Gasteiger partial charge in [-0.1, -0.05) is 45.9 Å². The lowest BCUT2D eigenvalue weighted by Gasteiger charge is -1.87. The van der Waals surface area contributed by atoms with Crippen molar-refractivity contribution in [3.8, 4) is 0 Å². The van der Waals surface area contributed by atoms with Crippen molar-refractivity contribution in [3.05, 3.63) is 23.8 Å². The molecule has 0 saturated carbocycles. The third kappa shape index (κ3) is 16.2. The maximum atomic E-state index is 11.7. The van der Waals surface area contributed by atoms with E-state index in [1.807, 2.05) is 47.6 Å². The maximum Gasteiger partial charge on any atom is 0.114 e. The highest BCUT2D eigenvalue weighted by Crippen LogP contribution is 1.95. The highest BCUT2D eigenvalue weighted by molar-refractivity contribution is 5.17. The molecule has 0 spiro atoms. The smallest absolute Gasteiger partial charge is 0.114 e. The van der Waals surface area contributed by atoms with Crippen LogP contribution in [-0.4, -0.2) is 6.67 Å². The number of hydrogen-bond donors (Lipinski definition) is 0. The second kappa shape index (κ2) is 22.4. The van der Waals surface area contributed by atoms with Gasteiger partial charge in [-0.2, -0.15) is 0 Å². The molecule has 0 saturated heterocycles. The monoisotopic (exact) mass is 174 g/mol. The van der Waals surface area contributed by atoms with E-state index < -0.39 is 0 Å². The van der Waals surface area contributed by atoms with Crippen LogP contribution in [0.4, 0.5) is 4.39 Å². The topological polar surface area (TPSA) is 0 Å². The van der Waals surface area contributed by atoms with Gasteiger partial charge in [0.15, 0.2) is 0 Å². The Morgan fingerprint density at radius 3 is 1.58 bits per heavy atom. The van der Waals surface area contributed by atoms with Gasteiger partial charge < -0.3 is 0 Å². The molecule has 0 aliphatic carbocycles. The van der Waals surface area contributed by atoms with Crippen molar-refractivity contribution in [3.63, 3.8) is 0 Å². The van der Waals surface area contributed by atoms with Gasteiger partial charge in [-0.05, 0) is 19.4 Å². The predicted molar refractivity (Wildman–Crippen MR) is 57.2 cm³/mol. The van der Waals surface area contributed by atoms with Crippen molar-refractivity contribution in [1.82, 2.24) is 0 Å². The van der Waals surface area contributed by atoms with Crippen LogP contribution in [0.5, 0.6) is 0 Å². The zero-order valence-corrected chi connectivity index (χ0v) is 9.32. The molecule has 12 heavy (non-hydrogen) atoms. The van der Waals surface area contributed by atoms with Crippen LogP contribution in [0.15, 0.2) is 23.8 Å². The van der Waals surface area contributed by atoms with Gasteiger partial charge in [-0.25, -0.2) is 4.39 Å². The van der Waals surface area contributed by atoms with E-state index in [1.54, 1.807) is 12.2 Å². The third-order valence-corrected chi connectivity index (χ3v) is 0.906. The summed E-state index contributed by atoms with van der Waals surface area (Å²) in [6.07, 6.45) is 5.36. The van der Waals surface area contributed by atoms with Gasteiger partial charge in [0.25, 0.3) is 0 Å². The summed E-state index contributed by atoms with van der Waals surface area (Å²) in [5.41, 5.74) is 0.743. The van der Waals surface area contributed by atoms with Crippen LogP contribution in [0.25, 0.3) is 0 Å². The lowest BCUT2D eigenvalue weighted by Crippen LogP contribution is -1.76. The van der Waals surface area contributed by atoms with Gasteiger partial charge in [0.05, 0.1) is 0 Å². The predicted octanol–water partition coefficient (Wildman–Crippen LogP) is 4.53. The minimum absolute atomic E-state index is 0.360. The summed E-state index contributed by atoms with van der Waals surface area (Å²) in [6, 6.07) is 0. The van der Waals surface area contributed by atoms with E-state index in [1.165, 1.54) is 0 Å². The molecule has 0 unspecified atom stereocenters. The minimum atomic E-state index is -0.360. The number of hydrogen-bond acceptors (Lipinski definition) is 0. The molecule has 1 heteroatoms. The average Bonchev–Trinajstić information content (AvgIpc) is 2.20. The van der Waals surface area contributed by atoms with E-state index in [2.05, 4.69) is 0 Å². The fraction of sp³-hybridized carbons (Fsp3) is 0.636. The van der Waals surface area contributed by atoms with Gasteiger partial charge >= 0.3 is 0 Å². The van der Waals surface area contributed by atoms with Gasteiger partial charge in [-0.3, -0.25) is 0 Å². The molecule has 0 aliphatic heterocycles. The van der Waals surface area contributed by atoms with Crippen LogP contribution in [0.1, 0.15) is 41.5 Å². The first kappa shape index (κ1) is 17.5. The van der Waals surface area contributed by atoms with Crippen molar-refractivity contribution >= 4 is 0 Å². The molecular weight excluding hydrogens is 151 g/mol. The van der Waals surface area contributed by atoms with Gasteiger partial charge in [0, 0.05) is 0 Å². The van der Waals surface area contributed by atoms with E-state index in [0.29, 0.717) is 0 Å². The van der Waals surface area contributed by atoms with Crippen LogP contribution < -0.4 is 0 Å². The fourth-order valence-corrected chi connectivity index (χ4v) is 0.432. The summed E-state index contributed by atoms with van der Waals surface area (Å²) >= 11 is 0. The Morgan fingerprint density at radius 2 is 1.50 bits per heavy atom. The SMILES string of the molecule is C/C=C\C(=C/C)CF.CC.CC. The molecular formula is C11H23F. The summed E-state index contributed by atoms with van der Waals surface area (Å²) in [6.45, 7) is 11.3. The van der Waals surface area contributed by atoms with Crippen molar-refractivity contribution in [2.24, 2.45) is 0 Å². The van der Waals surface area contributed by atoms with Crippen LogP contribution in [0.3, 0.4) is 0 Å². The van der Waals surface area contributed by atoms with Gasteiger partial charge in [-0.15, -0.1) is 0 Å². The lowest BCUT2D eigenvalue weighted by atomic mass is 10.2. The van der Waals surface area contributed by atoms with E-state index in [9.17, 15) is 4.39 Å². The van der Waals surface area contributed by atoms with E-state index in [-0.39, 0.29) is 6.67 Å². The molecule has 0 aromatic heterocycles. The molecule has 0 aromatic carbocycles. The summed E-state index contributed by atoms with van der Waals surface area (Å²) in [5.74, 6) is 0. The Hall–Kier alpha value is -0.590. The Bertz CT molecular complexity index is 98.8. The molecule has 0 aliphatic rings. The van der Waals surface area contributed by atoms with Gasteiger partial charge in [0.1, 0.15) is 6.67 Å². The lowest BCUT2D eigenvalue weighted by molar-refractivity contribution is 0.549. The molecule has 0 radical (unpaired) electrons. The Morgan fingerprint density at radius 1 is 1.08 bits per heavy atom. The Kier molecular flexibility index (Phi) is 32.7. The first-order valence-corrected chi connectivity index (χ1v) is 4.69. The van der Waals surface area contributed by atoms with E-state index >= 15 is 0 Å². The summed E-state index contributed by atoms with van der Waals surface area (Å²) in [7, 11) is 0. The normalized spacial score (nSPS) is 9.75. The van der Waals surface area contributed by atoms with Crippen LogP contribution in [-0.2, 0) is 0 Å². The van der Waals surface area contributed by atoms with Crippen LogP contribution >= 0.6 is 0 Å². The fourth-order valence-electron chi connectivity index (χ4n) is 0.432. The van der Waals surface area contributed by atoms with Crippen LogP contribution in [0.2, 0.25) is 0 Å². The molecule has 0 aromatic rings. The maximum absolute atomic E-state index is 11.7. The first-order chi connectivity index (χ1) is 5.85. The molecule has 0 rings (SSSR count). The minimum Gasteiger partial charge on any atom is -0.246 e. The Labute approximate surface area is 77.2 Å². The molecule has 0 N–H and O–H groups in total. The second-order valence-electron chi connectivity index (χ2n) is 1.50. The zero-order chi connectivity index (χ0) is 10.4. The molecule has 0 atom stereocenters. The molecule has 0 amide bonds. The van der Waals surface area contributed by atoms with E-state index in [0.717, 1.165) is 5.57 Å². The largest absolute Gasteiger partial charge is 0.246 e. The molecule has 74 valence electrons. The highest BCUT2D eigenvalue weighted by atomic mass is 19.1. The zero-order valence-electron chi connectivity index (χ0n) is 9.32. The van der Waals surface area contributed by atoms with Crippen molar-refractivity contribution < 1.29 is 4.39 Å². The van der Waals surface area contributed by atoms with Gasteiger partial charge in [0.2, 0.25) is 0 Å². The molecule has 0 fully saturated rings. The summed E-state index contributed by atoms with van der Waals surface area (Å²) in [5, 5.41) is 0. The first-order valence-electron chi connectivity index (χ1n) is 4.69. The van der Waals surface area contributed by atoms with Crippen molar-refractivity contribution in [2.45, 2.75) is 41.5 Å². The van der Waals surface area contributed by atoms with E-state index in [4.69, 9.17) is 0 Å². The number of rotatable bonds is 2. The third-order valence-electron chi connectivity index (χ3n) is 0.906. The van der Waals surface area contributed by atoms with Crippen LogP contribution in [0, 0.1) is 0 Å². The summed E-state index contributed by atoms with van der Waals surface area (Å²) in [4.78, 5) is 0. The molecule has 0 bridgehead atoms. The number of alkyl halides is 1. The standard InChI is InChI=1S/C7H11F.2C2H6/c1-3-5-7(4-2)6-8;2*1-2/h3-5H,6H2,1-2H3;2*1-2H3/b5-3-,7-4+;;. The number of allylic oxidation sites excluding steroid dienone is 4. The summed E-state index contributed by atoms with van der Waals surface area (Å²) < 4.78 is 11.7. The molecule has 0 nitrogen and oxygen atoms in total. The Balaban J connectivity index is -0.000000175. The van der Waals surface area contributed by atoms with Crippen molar-refractivity contribution in [1.29, 1.82) is 0 Å².